The van der Waals surface area contributed by atoms with Crippen LogP contribution in [0.1, 0.15) is 37.7 Å². The van der Waals surface area contributed by atoms with E-state index in [1.807, 2.05) is 13.0 Å². The number of hydrogen-bond acceptors (Lipinski definition) is 4. The molecular formula is C22H20FN3O2. The molecule has 1 amide bonds. The van der Waals surface area contributed by atoms with Crippen LogP contribution in [-0.2, 0) is 9.59 Å². The van der Waals surface area contributed by atoms with Gasteiger partial charge in [-0.3, -0.25) is 14.6 Å². The summed E-state index contributed by atoms with van der Waals surface area (Å²) in [6.45, 7) is 1.83. The average molecular weight is 377 g/mol. The van der Waals surface area contributed by atoms with E-state index in [9.17, 15) is 14.0 Å². The molecule has 2 aliphatic rings. The van der Waals surface area contributed by atoms with Crippen LogP contribution in [0, 0.1) is 5.82 Å². The van der Waals surface area contributed by atoms with Gasteiger partial charge in [0.05, 0.1) is 0 Å². The van der Waals surface area contributed by atoms with Gasteiger partial charge in [0.2, 0.25) is 0 Å². The largest absolute Gasteiger partial charge is 0.362 e. The van der Waals surface area contributed by atoms with Gasteiger partial charge in [0.1, 0.15) is 5.82 Å². The summed E-state index contributed by atoms with van der Waals surface area (Å²) < 4.78 is 13.5. The van der Waals surface area contributed by atoms with Crippen molar-refractivity contribution in [3.8, 4) is 0 Å². The standard InChI is InChI=1S/C22H20FN3O2/c1-13-19(22(28)26-16-7-2-6-15(23)11-16)20(14-5-4-10-24-12-14)21-17(25-13)8-3-9-18(21)27/h2,4-7,10-12,20,25H,3,8-9H2,1H3,(H,26,28)/t20-/m0/s1. The Morgan fingerprint density at radius 1 is 1.25 bits per heavy atom. The van der Waals surface area contributed by atoms with Gasteiger partial charge in [0.15, 0.2) is 5.78 Å². The van der Waals surface area contributed by atoms with Crippen LogP contribution >= 0.6 is 0 Å². The van der Waals surface area contributed by atoms with Gasteiger partial charge in [-0.25, -0.2) is 4.39 Å². The van der Waals surface area contributed by atoms with Gasteiger partial charge < -0.3 is 10.6 Å². The van der Waals surface area contributed by atoms with E-state index in [-0.39, 0.29) is 11.7 Å². The molecule has 1 aliphatic heterocycles. The summed E-state index contributed by atoms with van der Waals surface area (Å²) >= 11 is 0. The third-order valence-electron chi connectivity index (χ3n) is 5.12. The summed E-state index contributed by atoms with van der Waals surface area (Å²) in [5.41, 5.74) is 3.81. The van der Waals surface area contributed by atoms with Gasteiger partial charge in [-0.2, -0.15) is 0 Å². The van der Waals surface area contributed by atoms with Crippen LogP contribution in [0.25, 0.3) is 0 Å². The molecule has 2 heterocycles. The highest BCUT2D eigenvalue weighted by atomic mass is 19.1. The molecule has 142 valence electrons. The Balaban J connectivity index is 1.77. The number of carbonyl (C=O) groups excluding carboxylic acids is 2. The van der Waals surface area contributed by atoms with E-state index in [4.69, 9.17) is 0 Å². The number of Topliss-reactive ketones (excluding diaryl/α,β-unsaturated/α-hetero) is 1. The van der Waals surface area contributed by atoms with E-state index in [0.717, 1.165) is 24.1 Å². The molecule has 5 nitrogen and oxygen atoms in total. The number of aromatic nitrogens is 1. The molecule has 0 radical (unpaired) electrons. The van der Waals surface area contributed by atoms with Crippen molar-refractivity contribution >= 4 is 17.4 Å². The lowest BCUT2D eigenvalue weighted by Gasteiger charge is -2.34. The number of pyridine rings is 1. The number of allylic oxidation sites excluding steroid dienone is 3. The molecule has 28 heavy (non-hydrogen) atoms. The monoisotopic (exact) mass is 377 g/mol. The quantitative estimate of drug-likeness (QED) is 0.853. The van der Waals surface area contributed by atoms with E-state index in [1.165, 1.54) is 18.2 Å². The van der Waals surface area contributed by atoms with Crippen molar-refractivity contribution in [2.75, 3.05) is 5.32 Å². The number of nitrogens with one attached hydrogen (secondary N) is 2. The molecule has 2 aromatic rings. The van der Waals surface area contributed by atoms with Crippen LogP contribution in [0.5, 0.6) is 0 Å². The Morgan fingerprint density at radius 2 is 2.11 bits per heavy atom. The van der Waals surface area contributed by atoms with Crippen molar-refractivity contribution in [2.24, 2.45) is 0 Å². The first-order chi connectivity index (χ1) is 13.5. The van der Waals surface area contributed by atoms with Crippen molar-refractivity contribution in [2.45, 2.75) is 32.1 Å². The average Bonchev–Trinajstić information content (AvgIpc) is 2.67. The van der Waals surface area contributed by atoms with Gasteiger partial charge in [-0.1, -0.05) is 12.1 Å². The highest BCUT2D eigenvalue weighted by Gasteiger charge is 2.38. The normalized spacial score (nSPS) is 19.2. The zero-order valence-electron chi connectivity index (χ0n) is 15.5. The molecule has 4 rings (SSSR count). The maximum Gasteiger partial charge on any atom is 0.254 e. The van der Waals surface area contributed by atoms with Gasteiger partial charge in [0, 0.05) is 53.0 Å². The number of amides is 1. The first-order valence-electron chi connectivity index (χ1n) is 9.25. The zero-order chi connectivity index (χ0) is 19.7. The summed E-state index contributed by atoms with van der Waals surface area (Å²) in [7, 11) is 0. The van der Waals surface area contributed by atoms with Crippen LogP contribution in [0.15, 0.2) is 71.3 Å². The molecule has 0 saturated carbocycles. The SMILES string of the molecule is CC1=C(C(=O)Nc2cccc(F)c2)[C@H](c2cccnc2)C2=C(CCCC2=O)N1. The number of benzene rings is 1. The van der Waals surface area contributed by atoms with Crippen LogP contribution in [0.4, 0.5) is 10.1 Å². The third-order valence-corrected chi connectivity index (χ3v) is 5.12. The molecule has 1 aromatic carbocycles. The molecule has 6 heteroatoms. The van der Waals surface area contributed by atoms with Gasteiger partial charge in [0.25, 0.3) is 5.91 Å². The minimum absolute atomic E-state index is 0.0474. The molecule has 0 fully saturated rings. The second kappa shape index (κ2) is 7.38. The number of dihydropyridines is 1. The lowest BCUT2D eigenvalue weighted by Crippen LogP contribution is -2.35. The van der Waals surface area contributed by atoms with Crippen LogP contribution < -0.4 is 10.6 Å². The number of nitrogens with zero attached hydrogens (tertiary/aromatic N) is 1. The maximum absolute atomic E-state index is 13.5. The van der Waals surface area contributed by atoms with Gasteiger partial charge in [-0.15, -0.1) is 0 Å². The van der Waals surface area contributed by atoms with Gasteiger partial charge in [-0.05, 0) is 49.6 Å². The lowest BCUT2D eigenvalue weighted by molar-refractivity contribution is -0.116. The summed E-state index contributed by atoms with van der Waals surface area (Å²) in [5.74, 6) is -1.24. The molecule has 1 aliphatic carbocycles. The highest BCUT2D eigenvalue weighted by Crippen LogP contribution is 2.42. The van der Waals surface area contributed by atoms with E-state index in [2.05, 4.69) is 15.6 Å². The van der Waals surface area contributed by atoms with E-state index < -0.39 is 11.7 Å². The first-order valence-corrected chi connectivity index (χ1v) is 9.25. The number of hydrogen-bond donors (Lipinski definition) is 2. The van der Waals surface area contributed by atoms with Crippen molar-refractivity contribution in [1.29, 1.82) is 0 Å². The predicted molar refractivity (Wildman–Crippen MR) is 104 cm³/mol. The summed E-state index contributed by atoms with van der Waals surface area (Å²) in [6, 6.07) is 9.41. The Kier molecular flexibility index (Phi) is 4.77. The van der Waals surface area contributed by atoms with Crippen LogP contribution in [0.3, 0.4) is 0 Å². The molecular weight excluding hydrogens is 357 g/mol. The topological polar surface area (TPSA) is 71.1 Å². The number of halogens is 1. The second-order valence-corrected chi connectivity index (χ2v) is 7.02. The summed E-state index contributed by atoms with van der Waals surface area (Å²) in [4.78, 5) is 30.1. The highest BCUT2D eigenvalue weighted by molar-refractivity contribution is 6.09. The Hall–Kier alpha value is -3.28. The van der Waals surface area contributed by atoms with Gasteiger partial charge >= 0.3 is 0 Å². The zero-order valence-corrected chi connectivity index (χ0v) is 15.5. The predicted octanol–water partition coefficient (Wildman–Crippen LogP) is 3.83. The molecule has 0 bridgehead atoms. The van der Waals surface area contributed by atoms with Crippen LogP contribution in [-0.4, -0.2) is 16.7 Å². The van der Waals surface area contributed by atoms with E-state index >= 15 is 0 Å². The first kappa shape index (κ1) is 18.1. The molecule has 1 atom stereocenters. The molecule has 2 N–H and O–H groups in total. The summed E-state index contributed by atoms with van der Waals surface area (Å²) in [6.07, 6.45) is 5.38. The minimum atomic E-state index is -0.494. The fraction of sp³-hybridized carbons (Fsp3) is 0.227. The fourth-order valence-corrected chi connectivity index (χ4v) is 3.93. The Morgan fingerprint density at radius 3 is 2.86 bits per heavy atom. The summed E-state index contributed by atoms with van der Waals surface area (Å²) in [5, 5.41) is 6.02. The smallest absolute Gasteiger partial charge is 0.254 e. The van der Waals surface area contributed by atoms with Crippen molar-refractivity contribution in [3.63, 3.8) is 0 Å². The Labute approximate surface area is 162 Å². The van der Waals surface area contributed by atoms with Crippen molar-refractivity contribution in [1.82, 2.24) is 10.3 Å². The fourth-order valence-electron chi connectivity index (χ4n) is 3.93. The van der Waals surface area contributed by atoms with E-state index in [0.29, 0.717) is 29.0 Å². The van der Waals surface area contributed by atoms with E-state index in [1.54, 1.807) is 24.5 Å². The molecule has 1 aromatic heterocycles. The molecule has 0 spiro atoms. The lowest BCUT2D eigenvalue weighted by atomic mass is 9.75. The number of ketones is 1. The molecule has 0 saturated heterocycles. The van der Waals surface area contributed by atoms with Crippen LogP contribution in [0.2, 0.25) is 0 Å². The number of rotatable bonds is 3. The second-order valence-electron chi connectivity index (χ2n) is 7.02. The number of anilines is 1. The van der Waals surface area contributed by atoms with Crippen molar-refractivity contribution < 1.29 is 14.0 Å². The third kappa shape index (κ3) is 3.33. The minimum Gasteiger partial charge on any atom is -0.362 e. The molecule has 0 unspecified atom stereocenters. The maximum atomic E-state index is 13.5. The van der Waals surface area contributed by atoms with Crippen molar-refractivity contribution in [3.05, 3.63) is 82.7 Å². The number of carbonyl (C=O) groups is 2. The Bertz CT molecular complexity index is 1010.